The maximum atomic E-state index is 11.5. The van der Waals surface area contributed by atoms with Crippen molar-refractivity contribution in [3.63, 3.8) is 0 Å². The molecule has 7 nitrogen and oxygen atoms in total. The lowest BCUT2D eigenvalue weighted by atomic mass is 9.79. The second-order valence-corrected chi connectivity index (χ2v) is 9.10. The number of amides is 1. The Morgan fingerprint density at radius 1 is 1.09 bits per heavy atom. The fourth-order valence-electron chi connectivity index (χ4n) is 5.08. The van der Waals surface area contributed by atoms with E-state index in [4.69, 9.17) is 9.73 Å². The molecular formula is C25H42IN5O2. The molecule has 1 saturated carbocycles. The Morgan fingerprint density at radius 2 is 1.79 bits per heavy atom. The largest absolute Gasteiger partial charge is 0.495 e. The molecule has 33 heavy (non-hydrogen) atoms. The van der Waals surface area contributed by atoms with Crippen LogP contribution in [-0.2, 0) is 11.3 Å². The number of nitrogens with zero attached hydrogens (tertiary/aromatic N) is 2. The van der Waals surface area contributed by atoms with Crippen molar-refractivity contribution in [2.75, 3.05) is 38.6 Å². The number of benzene rings is 1. The molecule has 0 atom stereocenters. The van der Waals surface area contributed by atoms with Crippen LogP contribution in [0.3, 0.4) is 0 Å². The number of aliphatic imine (C=N–C) groups is 1. The molecule has 0 spiro atoms. The SMILES string of the molecule is CCNC(=NCc1ccc(OC)c(NC(C)=O)c1)NCC1(N2CCCCC2)CCCCC1.I. The molecule has 1 aromatic carbocycles. The predicted molar refractivity (Wildman–Crippen MR) is 147 cm³/mol. The molecule has 2 fully saturated rings. The first-order chi connectivity index (χ1) is 15.6. The van der Waals surface area contributed by atoms with Gasteiger partial charge in [0.25, 0.3) is 0 Å². The van der Waals surface area contributed by atoms with Crippen LogP contribution in [0, 0.1) is 0 Å². The van der Waals surface area contributed by atoms with Gasteiger partial charge < -0.3 is 20.7 Å². The Hall–Kier alpha value is -1.55. The maximum Gasteiger partial charge on any atom is 0.221 e. The molecule has 3 rings (SSSR count). The summed E-state index contributed by atoms with van der Waals surface area (Å²) >= 11 is 0. The van der Waals surface area contributed by atoms with Crippen LogP contribution in [-0.4, -0.2) is 55.6 Å². The fraction of sp³-hybridized carbons (Fsp3) is 0.680. The van der Waals surface area contributed by atoms with E-state index in [0.717, 1.165) is 24.6 Å². The van der Waals surface area contributed by atoms with Crippen LogP contribution in [0.4, 0.5) is 5.69 Å². The average Bonchev–Trinajstić information content (AvgIpc) is 2.82. The van der Waals surface area contributed by atoms with Crippen molar-refractivity contribution < 1.29 is 9.53 Å². The van der Waals surface area contributed by atoms with Crippen molar-refractivity contribution in [2.24, 2.45) is 4.99 Å². The number of guanidine groups is 1. The summed E-state index contributed by atoms with van der Waals surface area (Å²) in [6, 6.07) is 5.81. The Kier molecular flexibility index (Phi) is 11.7. The van der Waals surface area contributed by atoms with Crippen molar-refractivity contribution in [3.8, 4) is 5.75 Å². The summed E-state index contributed by atoms with van der Waals surface area (Å²) < 4.78 is 5.36. The number of carbonyl (C=O) groups is 1. The number of likely N-dealkylation sites (tertiary alicyclic amines) is 1. The number of hydrogen-bond acceptors (Lipinski definition) is 4. The number of methoxy groups -OCH3 is 1. The lowest BCUT2D eigenvalue weighted by Gasteiger charge is -2.48. The van der Waals surface area contributed by atoms with E-state index >= 15 is 0 Å². The van der Waals surface area contributed by atoms with E-state index in [9.17, 15) is 4.79 Å². The highest BCUT2D eigenvalue weighted by Gasteiger charge is 2.38. The highest BCUT2D eigenvalue weighted by Crippen LogP contribution is 2.35. The van der Waals surface area contributed by atoms with Crippen molar-refractivity contribution in [1.82, 2.24) is 15.5 Å². The fourth-order valence-corrected chi connectivity index (χ4v) is 5.08. The summed E-state index contributed by atoms with van der Waals surface area (Å²) in [5, 5.41) is 9.92. The van der Waals surface area contributed by atoms with Crippen LogP contribution in [0.1, 0.15) is 70.8 Å². The molecule has 1 amide bonds. The monoisotopic (exact) mass is 571 g/mol. The van der Waals surface area contributed by atoms with Crippen LogP contribution in [0.2, 0.25) is 0 Å². The van der Waals surface area contributed by atoms with E-state index < -0.39 is 0 Å². The first-order valence-electron chi connectivity index (χ1n) is 12.3. The quantitative estimate of drug-likeness (QED) is 0.243. The Bertz CT molecular complexity index is 774. The lowest BCUT2D eigenvalue weighted by Crippen LogP contribution is -2.59. The van der Waals surface area contributed by atoms with E-state index in [-0.39, 0.29) is 35.4 Å². The molecule has 0 unspecified atom stereocenters. The molecule has 2 aliphatic rings. The predicted octanol–water partition coefficient (Wildman–Crippen LogP) is 4.52. The molecule has 1 aliphatic carbocycles. The van der Waals surface area contributed by atoms with Crippen molar-refractivity contribution in [1.29, 1.82) is 0 Å². The van der Waals surface area contributed by atoms with Crippen molar-refractivity contribution in [3.05, 3.63) is 23.8 Å². The van der Waals surface area contributed by atoms with Crippen molar-refractivity contribution >= 4 is 41.5 Å². The van der Waals surface area contributed by atoms with Crippen LogP contribution < -0.4 is 20.7 Å². The second-order valence-electron chi connectivity index (χ2n) is 9.10. The van der Waals surface area contributed by atoms with Gasteiger partial charge in [-0.15, -0.1) is 24.0 Å². The Labute approximate surface area is 216 Å². The van der Waals surface area contributed by atoms with Crippen LogP contribution in [0.25, 0.3) is 0 Å². The van der Waals surface area contributed by atoms with Gasteiger partial charge in [-0.1, -0.05) is 31.7 Å². The van der Waals surface area contributed by atoms with Gasteiger partial charge in [0.15, 0.2) is 5.96 Å². The zero-order chi connectivity index (χ0) is 22.8. The molecule has 1 heterocycles. The van der Waals surface area contributed by atoms with Gasteiger partial charge in [-0.2, -0.15) is 0 Å². The van der Waals surface area contributed by atoms with E-state index in [1.165, 1.54) is 71.4 Å². The molecule has 0 bridgehead atoms. The number of piperidine rings is 1. The maximum absolute atomic E-state index is 11.5. The van der Waals surface area contributed by atoms with E-state index in [0.29, 0.717) is 18.0 Å². The molecule has 1 saturated heterocycles. The molecular weight excluding hydrogens is 529 g/mol. The number of halogens is 1. The zero-order valence-electron chi connectivity index (χ0n) is 20.5. The van der Waals surface area contributed by atoms with Gasteiger partial charge in [0.05, 0.1) is 19.3 Å². The summed E-state index contributed by atoms with van der Waals surface area (Å²) in [6.45, 7) is 8.35. The van der Waals surface area contributed by atoms with Crippen LogP contribution >= 0.6 is 24.0 Å². The zero-order valence-corrected chi connectivity index (χ0v) is 22.9. The highest BCUT2D eigenvalue weighted by molar-refractivity contribution is 14.0. The molecule has 8 heteroatoms. The third kappa shape index (κ3) is 8.02. The topological polar surface area (TPSA) is 78.0 Å². The first kappa shape index (κ1) is 27.7. The number of nitrogens with one attached hydrogen (secondary N) is 3. The average molecular weight is 572 g/mol. The number of hydrogen-bond donors (Lipinski definition) is 3. The molecule has 1 aromatic rings. The van der Waals surface area contributed by atoms with E-state index in [1.807, 2.05) is 18.2 Å². The molecule has 1 aliphatic heterocycles. The van der Waals surface area contributed by atoms with Gasteiger partial charge in [-0.05, 0) is 63.4 Å². The van der Waals surface area contributed by atoms with Crippen molar-refractivity contribution in [2.45, 2.75) is 77.3 Å². The smallest absolute Gasteiger partial charge is 0.221 e. The molecule has 3 N–H and O–H groups in total. The highest BCUT2D eigenvalue weighted by atomic mass is 127. The first-order valence-corrected chi connectivity index (χ1v) is 12.3. The third-order valence-electron chi connectivity index (χ3n) is 6.73. The summed E-state index contributed by atoms with van der Waals surface area (Å²) in [7, 11) is 1.61. The summed E-state index contributed by atoms with van der Waals surface area (Å²) in [5.74, 6) is 1.39. The molecule has 0 aromatic heterocycles. The number of ether oxygens (including phenoxy) is 1. The molecule has 186 valence electrons. The number of carbonyl (C=O) groups excluding carboxylic acids is 1. The van der Waals surface area contributed by atoms with Gasteiger partial charge in [0, 0.05) is 25.6 Å². The normalized spacial score (nSPS) is 18.7. The standard InChI is InChI=1S/C25H41N5O2.HI/c1-4-26-24(27-18-21-11-12-23(32-3)22(17-21)29-20(2)31)28-19-25(13-7-5-8-14-25)30-15-9-6-10-16-30;/h11-12,17H,4-10,13-16,18-19H2,1-3H3,(H,29,31)(H2,26,27,28);1H. The molecule has 0 radical (unpaired) electrons. The summed E-state index contributed by atoms with van der Waals surface area (Å²) in [6.07, 6.45) is 10.6. The minimum atomic E-state index is -0.116. The minimum absolute atomic E-state index is 0. The van der Waals surface area contributed by atoms with Gasteiger partial charge >= 0.3 is 0 Å². The van der Waals surface area contributed by atoms with E-state index in [1.54, 1.807) is 7.11 Å². The van der Waals surface area contributed by atoms with Gasteiger partial charge in [-0.25, -0.2) is 4.99 Å². The number of rotatable bonds is 8. The van der Waals surface area contributed by atoms with Crippen LogP contribution in [0.15, 0.2) is 23.2 Å². The Morgan fingerprint density at radius 3 is 2.42 bits per heavy atom. The van der Waals surface area contributed by atoms with E-state index in [2.05, 4.69) is 27.8 Å². The summed E-state index contributed by atoms with van der Waals surface area (Å²) in [4.78, 5) is 19.1. The third-order valence-corrected chi connectivity index (χ3v) is 6.73. The second kappa shape index (κ2) is 14.0. The Balaban J connectivity index is 0.00000385. The lowest BCUT2D eigenvalue weighted by molar-refractivity contribution is -0.114. The van der Waals surface area contributed by atoms with Gasteiger partial charge in [0.2, 0.25) is 5.91 Å². The summed E-state index contributed by atoms with van der Waals surface area (Å²) in [5.41, 5.74) is 1.96. The number of anilines is 1. The van der Waals surface area contributed by atoms with Gasteiger partial charge in [-0.3, -0.25) is 9.69 Å². The minimum Gasteiger partial charge on any atom is -0.495 e. The van der Waals surface area contributed by atoms with Crippen LogP contribution in [0.5, 0.6) is 5.75 Å². The van der Waals surface area contributed by atoms with Gasteiger partial charge in [0.1, 0.15) is 5.75 Å².